The number of rotatable bonds is 5. The lowest BCUT2D eigenvalue weighted by atomic mass is 9.86. The van der Waals surface area contributed by atoms with Crippen molar-refractivity contribution in [2.75, 3.05) is 6.61 Å². The van der Waals surface area contributed by atoms with Crippen LogP contribution in [0.2, 0.25) is 0 Å². The zero-order chi connectivity index (χ0) is 21.1. The Kier molecular flexibility index (Phi) is 7.21. The number of phenolic OH excluding ortho intramolecular Hbond substituents is 2. The summed E-state index contributed by atoms with van der Waals surface area (Å²) in [4.78, 5) is 29.2. The summed E-state index contributed by atoms with van der Waals surface area (Å²) in [7, 11) is 0. The Bertz CT molecular complexity index is 837. The molecule has 158 valence electrons. The fourth-order valence-electron chi connectivity index (χ4n) is 3.96. The van der Waals surface area contributed by atoms with Gasteiger partial charge in [-0.2, -0.15) is 0 Å². The fraction of sp³-hybridized carbons (Fsp3) is 0.550. The number of carbonyl (C=O) groups excluding carboxylic acids is 2. The van der Waals surface area contributed by atoms with Gasteiger partial charge in [0.2, 0.25) is 0 Å². The van der Waals surface area contributed by atoms with E-state index in [2.05, 4.69) is 42.2 Å². The molecule has 2 amide bonds. The number of urea groups is 1. The van der Waals surface area contributed by atoms with Crippen molar-refractivity contribution in [2.45, 2.75) is 51.5 Å². The number of hydrogen-bond donors (Lipinski definition) is 3. The lowest BCUT2D eigenvalue weighted by molar-refractivity contribution is -0.148. The molecule has 0 aromatic heterocycles. The first-order valence-corrected chi connectivity index (χ1v) is 11.4. The molecule has 2 aliphatic rings. The van der Waals surface area contributed by atoms with Gasteiger partial charge in [0.1, 0.15) is 5.92 Å². The van der Waals surface area contributed by atoms with Crippen LogP contribution in [0.15, 0.2) is 20.0 Å². The molecule has 0 radical (unpaired) electrons. The van der Waals surface area contributed by atoms with Gasteiger partial charge in [0, 0.05) is 10.2 Å². The Morgan fingerprint density at radius 2 is 1.93 bits per heavy atom. The van der Waals surface area contributed by atoms with Crippen LogP contribution in [-0.4, -0.2) is 34.5 Å². The highest BCUT2D eigenvalue weighted by atomic mass is 79.9. The molecule has 29 heavy (non-hydrogen) atoms. The molecule has 1 saturated carbocycles. The molecule has 3 rings (SSSR count). The van der Waals surface area contributed by atoms with Crippen LogP contribution in [0.4, 0.5) is 4.79 Å². The summed E-state index contributed by atoms with van der Waals surface area (Å²) in [5.74, 6) is -1.59. The number of halogens is 2. The number of aliphatic imine (C=N–C) groups is 1. The van der Waals surface area contributed by atoms with Crippen molar-refractivity contribution in [1.82, 2.24) is 5.32 Å². The predicted octanol–water partition coefficient (Wildman–Crippen LogP) is 4.98. The third kappa shape index (κ3) is 4.77. The van der Waals surface area contributed by atoms with Crippen molar-refractivity contribution in [3.8, 4) is 11.5 Å². The monoisotopic (exact) mass is 530 g/mol. The Balaban J connectivity index is 1.91. The number of esters is 1. The maximum Gasteiger partial charge on any atom is 0.341 e. The number of phenols is 2. The van der Waals surface area contributed by atoms with Crippen LogP contribution in [0.1, 0.15) is 57.1 Å². The van der Waals surface area contributed by atoms with Gasteiger partial charge in [-0.25, -0.2) is 9.79 Å². The number of nitrogens with one attached hydrogen (secondary N) is 1. The Hall–Kier alpha value is -1.61. The van der Waals surface area contributed by atoms with Crippen LogP contribution in [0.3, 0.4) is 0 Å². The summed E-state index contributed by atoms with van der Waals surface area (Å²) in [6, 6.07) is -0.0143. The van der Waals surface area contributed by atoms with Gasteiger partial charge in [-0.05, 0) is 68.7 Å². The van der Waals surface area contributed by atoms with E-state index >= 15 is 0 Å². The first-order valence-electron chi connectivity index (χ1n) is 9.77. The quantitative estimate of drug-likeness (QED) is 0.367. The second kappa shape index (κ2) is 9.47. The van der Waals surface area contributed by atoms with Gasteiger partial charge in [-0.15, -0.1) is 0 Å². The highest BCUT2D eigenvalue weighted by Crippen LogP contribution is 2.45. The van der Waals surface area contributed by atoms with E-state index in [0.717, 1.165) is 25.7 Å². The topological polar surface area (TPSA) is 108 Å². The van der Waals surface area contributed by atoms with Crippen molar-refractivity contribution in [2.24, 2.45) is 16.8 Å². The van der Waals surface area contributed by atoms with Crippen molar-refractivity contribution in [3.63, 3.8) is 0 Å². The molecule has 1 aromatic rings. The molecule has 7 nitrogen and oxygen atoms in total. The highest BCUT2D eigenvalue weighted by molar-refractivity contribution is 9.13. The van der Waals surface area contributed by atoms with Gasteiger partial charge in [0.25, 0.3) is 0 Å². The Labute approximate surface area is 186 Å². The second-order valence-electron chi connectivity index (χ2n) is 7.46. The summed E-state index contributed by atoms with van der Waals surface area (Å²) in [5, 5.41) is 22.7. The van der Waals surface area contributed by atoms with Gasteiger partial charge in [-0.1, -0.05) is 26.2 Å². The first kappa shape index (κ1) is 22.1. The lowest BCUT2D eigenvalue weighted by Gasteiger charge is -2.32. The SMILES string of the molecule is CCC1=NC(=O)NC(c2cc(O)c(O)c(Br)c2Br)C1C(=O)OCC1CCCCC1. The number of aromatic hydroxyl groups is 2. The summed E-state index contributed by atoms with van der Waals surface area (Å²) in [6.45, 7) is 2.19. The van der Waals surface area contributed by atoms with Gasteiger partial charge in [-0.3, -0.25) is 4.79 Å². The predicted molar refractivity (Wildman–Crippen MR) is 115 cm³/mol. The molecule has 0 saturated heterocycles. The van der Waals surface area contributed by atoms with E-state index < -0.39 is 24.0 Å². The maximum atomic E-state index is 13.1. The zero-order valence-electron chi connectivity index (χ0n) is 16.1. The van der Waals surface area contributed by atoms with Crippen molar-refractivity contribution < 1.29 is 24.5 Å². The molecule has 9 heteroatoms. The molecule has 1 heterocycles. The van der Waals surface area contributed by atoms with Gasteiger partial charge in [0.05, 0.1) is 17.1 Å². The first-order chi connectivity index (χ1) is 13.8. The summed E-state index contributed by atoms with van der Waals surface area (Å²) in [5.41, 5.74) is 0.879. The van der Waals surface area contributed by atoms with Gasteiger partial charge >= 0.3 is 12.0 Å². The molecule has 1 aromatic carbocycles. The minimum absolute atomic E-state index is 0.233. The van der Waals surface area contributed by atoms with E-state index in [1.54, 1.807) is 0 Å². The highest BCUT2D eigenvalue weighted by Gasteiger charge is 2.41. The zero-order valence-corrected chi connectivity index (χ0v) is 19.3. The van der Waals surface area contributed by atoms with E-state index in [4.69, 9.17) is 4.74 Å². The minimum atomic E-state index is -0.812. The van der Waals surface area contributed by atoms with E-state index in [1.165, 1.54) is 12.5 Å². The van der Waals surface area contributed by atoms with Crippen molar-refractivity contribution in [3.05, 3.63) is 20.6 Å². The third-order valence-electron chi connectivity index (χ3n) is 5.54. The largest absolute Gasteiger partial charge is 0.504 e. The molecule has 0 bridgehead atoms. The average molecular weight is 532 g/mol. The molecule has 3 N–H and O–H groups in total. The van der Waals surface area contributed by atoms with Crippen LogP contribution in [-0.2, 0) is 9.53 Å². The second-order valence-corrected chi connectivity index (χ2v) is 9.04. The third-order valence-corrected chi connectivity index (χ3v) is 7.70. The normalized spacial score (nSPS) is 22.7. The number of nitrogens with zero attached hydrogens (tertiary/aromatic N) is 1. The summed E-state index contributed by atoms with van der Waals surface area (Å²) < 4.78 is 6.32. The molecule has 0 spiro atoms. The number of ether oxygens (including phenoxy) is 1. The molecular weight excluding hydrogens is 508 g/mol. The number of hydrogen-bond acceptors (Lipinski definition) is 5. The van der Waals surface area contributed by atoms with Crippen LogP contribution < -0.4 is 5.32 Å². The van der Waals surface area contributed by atoms with E-state index in [1.807, 2.05) is 6.92 Å². The molecule has 2 atom stereocenters. The van der Waals surface area contributed by atoms with E-state index in [-0.39, 0.29) is 16.0 Å². The van der Waals surface area contributed by atoms with Crippen LogP contribution in [0.25, 0.3) is 0 Å². The summed E-state index contributed by atoms with van der Waals surface area (Å²) >= 11 is 6.60. The molecular formula is C20H24Br2N2O5. The molecule has 1 aliphatic heterocycles. The van der Waals surface area contributed by atoms with Crippen LogP contribution in [0, 0.1) is 11.8 Å². The Morgan fingerprint density at radius 3 is 2.59 bits per heavy atom. The molecule has 1 fully saturated rings. The minimum Gasteiger partial charge on any atom is -0.504 e. The molecule has 1 aliphatic carbocycles. The van der Waals surface area contributed by atoms with Crippen LogP contribution in [0.5, 0.6) is 11.5 Å². The maximum absolute atomic E-state index is 13.1. The van der Waals surface area contributed by atoms with E-state index in [9.17, 15) is 19.8 Å². The van der Waals surface area contributed by atoms with Crippen LogP contribution >= 0.6 is 31.9 Å². The van der Waals surface area contributed by atoms with Gasteiger partial charge < -0.3 is 20.3 Å². The number of amides is 2. The number of carbonyl (C=O) groups is 2. The van der Waals surface area contributed by atoms with Crippen molar-refractivity contribution >= 4 is 49.6 Å². The van der Waals surface area contributed by atoms with E-state index in [0.29, 0.717) is 34.7 Å². The van der Waals surface area contributed by atoms with Crippen molar-refractivity contribution in [1.29, 1.82) is 0 Å². The lowest BCUT2D eigenvalue weighted by Crippen LogP contribution is -2.45. The number of benzene rings is 1. The van der Waals surface area contributed by atoms with Gasteiger partial charge in [0.15, 0.2) is 11.5 Å². The standard InChI is InChI=1S/C20H24Br2N2O5/c1-2-12-14(19(27)29-9-10-6-4-3-5-7-10)17(24-20(28)23-12)11-8-13(25)18(26)16(22)15(11)21/h8,10,14,17,25-26H,2-7,9H2,1H3,(H,24,28). The Morgan fingerprint density at radius 1 is 1.24 bits per heavy atom. The fourth-order valence-corrected chi connectivity index (χ4v) is 4.94. The average Bonchev–Trinajstić information content (AvgIpc) is 2.73. The molecule has 2 unspecified atom stereocenters. The summed E-state index contributed by atoms with van der Waals surface area (Å²) in [6.07, 6.45) is 6.05. The smallest absolute Gasteiger partial charge is 0.341 e.